The molecule has 8 heteroatoms. The highest BCUT2D eigenvalue weighted by atomic mass is 32.2. The lowest BCUT2D eigenvalue weighted by atomic mass is 10.1. The molecule has 0 aliphatic carbocycles. The second-order valence-corrected chi connectivity index (χ2v) is 6.13. The first kappa shape index (κ1) is 17.7. The van der Waals surface area contributed by atoms with Gasteiger partial charge in [0, 0.05) is 5.56 Å². The molecule has 0 spiro atoms. The highest BCUT2D eigenvalue weighted by Gasteiger charge is 2.10. The molecule has 0 atom stereocenters. The molecule has 0 bridgehead atoms. The minimum Gasteiger partial charge on any atom is -0.497 e. The van der Waals surface area contributed by atoms with Crippen LogP contribution < -0.4 is 10.2 Å². The monoisotopic (exact) mass is 367 g/mol. The van der Waals surface area contributed by atoms with Crippen LogP contribution in [0.5, 0.6) is 5.75 Å². The van der Waals surface area contributed by atoms with E-state index >= 15 is 0 Å². The second-order valence-electron chi connectivity index (χ2n) is 5.19. The molecule has 0 saturated carbocycles. The number of benzene rings is 2. The SMILES string of the molecule is COc1ccc(C(=O)CSc2n[nH]c(N/N=C\c3ccccc3)n2)cc1. The zero-order valence-electron chi connectivity index (χ0n) is 14.0. The summed E-state index contributed by atoms with van der Waals surface area (Å²) in [6, 6.07) is 16.7. The van der Waals surface area contributed by atoms with Gasteiger partial charge in [0.25, 0.3) is 0 Å². The zero-order chi connectivity index (χ0) is 18.2. The molecular formula is C18H17N5O2S. The van der Waals surface area contributed by atoms with Crippen molar-refractivity contribution < 1.29 is 9.53 Å². The van der Waals surface area contributed by atoms with Gasteiger partial charge in [0.15, 0.2) is 5.78 Å². The summed E-state index contributed by atoms with van der Waals surface area (Å²) < 4.78 is 5.08. The molecule has 2 aromatic carbocycles. The number of methoxy groups -OCH3 is 1. The predicted octanol–water partition coefficient (Wildman–Crippen LogP) is 3.23. The molecule has 0 fully saturated rings. The number of thioether (sulfide) groups is 1. The molecule has 0 unspecified atom stereocenters. The number of hydrogen-bond donors (Lipinski definition) is 2. The molecule has 3 aromatic rings. The number of carbonyl (C=O) groups is 1. The molecule has 0 amide bonds. The third kappa shape index (κ3) is 4.93. The molecule has 1 heterocycles. The van der Waals surface area contributed by atoms with Crippen LogP contribution in [0.15, 0.2) is 64.9 Å². The van der Waals surface area contributed by atoms with Crippen molar-refractivity contribution in [2.24, 2.45) is 5.10 Å². The summed E-state index contributed by atoms with van der Waals surface area (Å²) in [6.45, 7) is 0. The van der Waals surface area contributed by atoms with Gasteiger partial charge in [-0.05, 0) is 29.8 Å². The molecule has 1 aromatic heterocycles. The number of anilines is 1. The van der Waals surface area contributed by atoms with E-state index in [1.54, 1.807) is 37.6 Å². The molecular weight excluding hydrogens is 350 g/mol. The number of hydrazone groups is 1. The van der Waals surface area contributed by atoms with E-state index in [4.69, 9.17) is 4.74 Å². The topological polar surface area (TPSA) is 92.3 Å². The van der Waals surface area contributed by atoms with E-state index in [0.717, 1.165) is 11.3 Å². The van der Waals surface area contributed by atoms with Gasteiger partial charge >= 0.3 is 0 Å². The van der Waals surface area contributed by atoms with Gasteiger partial charge in [0.1, 0.15) is 5.75 Å². The van der Waals surface area contributed by atoms with Crippen LogP contribution in [-0.4, -0.2) is 40.0 Å². The molecule has 26 heavy (non-hydrogen) atoms. The number of Topliss-reactive ketones (excluding diaryl/α,β-unsaturated/α-hetero) is 1. The summed E-state index contributed by atoms with van der Waals surface area (Å²) in [4.78, 5) is 16.4. The van der Waals surface area contributed by atoms with Gasteiger partial charge in [-0.15, -0.1) is 5.10 Å². The van der Waals surface area contributed by atoms with Crippen LogP contribution in [0.1, 0.15) is 15.9 Å². The first-order chi connectivity index (χ1) is 12.7. The fraction of sp³-hybridized carbons (Fsp3) is 0.111. The summed E-state index contributed by atoms with van der Waals surface area (Å²) in [5.74, 6) is 1.38. The highest BCUT2D eigenvalue weighted by molar-refractivity contribution is 7.99. The number of hydrogen-bond acceptors (Lipinski definition) is 7. The predicted molar refractivity (Wildman–Crippen MR) is 102 cm³/mol. The number of ketones is 1. The van der Waals surface area contributed by atoms with E-state index in [0.29, 0.717) is 16.7 Å². The molecule has 0 aliphatic rings. The van der Waals surface area contributed by atoms with Crippen LogP contribution in [0, 0.1) is 0 Å². The Bertz CT molecular complexity index is 878. The zero-order valence-corrected chi connectivity index (χ0v) is 14.9. The van der Waals surface area contributed by atoms with Crippen LogP contribution in [0.4, 0.5) is 5.95 Å². The Balaban J connectivity index is 1.50. The van der Waals surface area contributed by atoms with Gasteiger partial charge in [-0.1, -0.05) is 42.1 Å². The van der Waals surface area contributed by atoms with Crippen LogP contribution in [0.25, 0.3) is 0 Å². The molecule has 0 radical (unpaired) electrons. The molecule has 132 valence electrons. The lowest BCUT2D eigenvalue weighted by Gasteiger charge is -2.01. The number of aromatic nitrogens is 3. The fourth-order valence-electron chi connectivity index (χ4n) is 2.06. The fourth-order valence-corrected chi connectivity index (χ4v) is 2.75. The smallest absolute Gasteiger partial charge is 0.240 e. The average molecular weight is 367 g/mol. The molecule has 3 rings (SSSR count). The van der Waals surface area contributed by atoms with E-state index in [1.165, 1.54) is 11.8 Å². The van der Waals surface area contributed by atoms with E-state index in [-0.39, 0.29) is 11.5 Å². The summed E-state index contributed by atoms with van der Waals surface area (Å²) in [6.07, 6.45) is 1.68. The minimum absolute atomic E-state index is 0.000870. The Kier molecular flexibility index (Phi) is 6.00. The maximum absolute atomic E-state index is 12.2. The maximum atomic E-state index is 12.2. The average Bonchev–Trinajstić information content (AvgIpc) is 3.15. The molecule has 0 aliphatic heterocycles. The van der Waals surface area contributed by atoms with Gasteiger partial charge in [0.2, 0.25) is 11.1 Å². The Morgan fingerprint density at radius 1 is 1.23 bits per heavy atom. The summed E-state index contributed by atoms with van der Waals surface area (Å²) in [5, 5.41) is 11.4. The number of H-pyrrole nitrogens is 1. The number of carbonyl (C=O) groups excluding carboxylic acids is 1. The van der Waals surface area contributed by atoms with E-state index in [1.807, 2.05) is 30.3 Å². The van der Waals surface area contributed by atoms with Crippen molar-refractivity contribution in [2.75, 3.05) is 18.3 Å². The lowest BCUT2D eigenvalue weighted by Crippen LogP contribution is -2.02. The minimum atomic E-state index is -0.000870. The highest BCUT2D eigenvalue weighted by Crippen LogP contribution is 2.18. The maximum Gasteiger partial charge on any atom is 0.240 e. The first-order valence-corrected chi connectivity index (χ1v) is 8.80. The Hall–Kier alpha value is -3.13. The van der Waals surface area contributed by atoms with E-state index < -0.39 is 0 Å². The number of ether oxygens (including phenoxy) is 1. The van der Waals surface area contributed by atoms with Crippen LogP contribution in [0.3, 0.4) is 0 Å². The van der Waals surface area contributed by atoms with Crippen molar-refractivity contribution in [3.8, 4) is 5.75 Å². The second kappa shape index (κ2) is 8.82. The standard InChI is InChI=1S/C18H17N5O2S/c1-25-15-9-7-14(8-10-15)16(24)12-26-18-20-17(22-23-18)21-19-11-13-5-3-2-4-6-13/h2-11H,12H2,1H3,(H2,20,21,22,23)/b19-11-. The van der Waals surface area contributed by atoms with E-state index in [2.05, 4.69) is 25.7 Å². The van der Waals surface area contributed by atoms with Crippen molar-refractivity contribution in [3.05, 3.63) is 65.7 Å². The summed E-state index contributed by atoms with van der Waals surface area (Å²) in [5.41, 5.74) is 4.37. The molecule has 0 saturated heterocycles. The van der Waals surface area contributed by atoms with Crippen molar-refractivity contribution in [1.29, 1.82) is 0 Å². The Morgan fingerprint density at radius 2 is 2.00 bits per heavy atom. The Morgan fingerprint density at radius 3 is 2.73 bits per heavy atom. The first-order valence-electron chi connectivity index (χ1n) is 7.81. The molecule has 2 N–H and O–H groups in total. The van der Waals surface area contributed by atoms with Crippen LogP contribution >= 0.6 is 11.8 Å². The van der Waals surface area contributed by atoms with Crippen molar-refractivity contribution in [2.45, 2.75) is 5.16 Å². The van der Waals surface area contributed by atoms with Gasteiger partial charge < -0.3 is 4.74 Å². The van der Waals surface area contributed by atoms with E-state index in [9.17, 15) is 4.79 Å². The van der Waals surface area contributed by atoms with Crippen LogP contribution in [-0.2, 0) is 0 Å². The van der Waals surface area contributed by atoms with Gasteiger partial charge in [-0.25, -0.2) is 10.5 Å². The number of rotatable bonds is 8. The van der Waals surface area contributed by atoms with Crippen molar-refractivity contribution in [3.63, 3.8) is 0 Å². The Labute approximate surface area is 154 Å². The quantitative estimate of drug-likeness (QED) is 0.275. The summed E-state index contributed by atoms with van der Waals surface area (Å²) >= 11 is 1.26. The number of nitrogens with zero attached hydrogens (tertiary/aromatic N) is 3. The molecule has 7 nitrogen and oxygen atoms in total. The summed E-state index contributed by atoms with van der Waals surface area (Å²) in [7, 11) is 1.59. The lowest BCUT2D eigenvalue weighted by molar-refractivity contribution is 0.102. The van der Waals surface area contributed by atoms with Gasteiger partial charge in [-0.3, -0.25) is 4.79 Å². The van der Waals surface area contributed by atoms with Crippen molar-refractivity contribution >= 4 is 29.7 Å². The third-order valence-electron chi connectivity index (χ3n) is 3.39. The number of aromatic amines is 1. The largest absolute Gasteiger partial charge is 0.497 e. The van der Waals surface area contributed by atoms with Crippen LogP contribution in [0.2, 0.25) is 0 Å². The van der Waals surface area contributed by atoms with Gasteiger partial charge in [0.05, 0.1) is 19.1 Å². The van der Waals surface area contributed by atoms with Crippen molar-refractivity contribution in [1.82, 2.24) is 15.2 Å². The number of nitrogens with one attached hydrogen (secondary N) is 2. The third-order valence-corrected chi connectivity index (χ3v) is 4.24. The normalized spacial score (nSPS) is 10.8. The van der Waals surface area contributed by atoms with Gasteiger partial charge in [-0.2, -0.15) is 10.1 Å².